The van der Waals surface area contributed by atoms with Crippen LogP contribution in [-0.2, 0) is 62.8 Å². The second kappa shape index (κ2) is 14.5. The van der Waals surface area contributed by atoms with Gasteiger partial charge in [0.1, 0.15) is 0 Å². The van der Waals surface area contributed by atoms with Crippen molar-refractivity contribution in [2.24, 2.45) is 0 Å². The van der Waals surface area contributed by atoms with E-state index in [9.17, 15) is 0 Å². The molecule has 0 bridgehead atoms. The van der Waals surface area contributed by atoms with Crippen LogP contribution in [0.4, 0.5) is 0 Å². The predicted octanol–water partition coefficient (Wildman–Crippen LogP) is 7.61. The van der Waals surface area contributed by atoms with Gasteiger partial charge in [-0.2, -0.15) is 45.5 Å². The summed E-state index contributed by atoms with van der Waals surface area (Å²) >= 11 is 1.51. The van der Waals surface area contributed by atoms with Crippen molar-refractivity contribution in [2.75, 3.05) is 0 Å². The fraction of sp³-hybridized carbons (Fsp3) is 0.607. The van der Waals surface area contributed by atoms with Gasteiger partial charge in [-0.25, -0.2) is 12.1 Å². The van der Waals surface area contributed by atoms with Gasteiger partial charge in [0.15, 0.2) is 0 Å². The van der Waals surface area contributed by atoms with Crippen molar-refractivity contribution >= 4 is 3.71 Å². The summed E-state index contributed by atoms with van der Waals surface area (Å²) in [4.78, 5) is 0. The molecule has 2 aromatic carbocycles. The summed E-state index contributed by atoms with van der Waals surface area (Å²) in [7, 11) is 0. The van der Waals surface area contributed by atoms with Crippen LogP contribution < -0.4 is 0 Å². The van der Waals surface area contributed by atoms with Crippen LogP contribution in [-0.4, -0.2) is 3.71 Å². The molecule has 0 heterocycles. The van der Waals surface area contributed by atoms with Gasteiger partial charge < -0.3 is 0 Å². The van der Waals surface area contributed by atoms with Crippen molar-refractivity contribution in [3.8, 4) is 0 Å². The molecule has 1 heteroatoms. The van der Waals surface area contributed by atoms with E-state index < -0.39 is 0 Å². The number of rotatable bonds is 6. The zero-order chi connectivity index (χ0) is 20.9. The molecule has 2 aliphatic carbocycles. The van der Waals surface area contributed by atoms with E-state index in [0.717, 1.165) is 0 Å². The molecule has 2 aromatic rings. The molecular weight excluding hydrogens is 428 g/mol. The van der Waals surface area contributed by atoms with E-state index in [1.54, 1.807) is 33.4 Å². The minimum absolute atomic E-state index is 1.30. The summed E-state index contributed by atoms with van der Waals surface area (Å²) in [6.07, 6.45) is 18.9. The predicted molar refractivity (Wildman–Crippen MR) is 126 cm³/mol. The zero-order valence-electron chi connectivity index (χ0n) is 19.3. The van der Waals surface area contributed by atoms with E-state index >= 15 is 0 Å². The molecule has 0 saturated carbocycles. The third kappa shape index (κ3) is 8.61. The number of aryl methyl sites for hydroxylation is 6. The molecule has 0 aromatic heterocycles. The van der Waals surface area contributed by atoms with Crippen LogP contribution in [0.2, 0.25) is 0 Å². The summed E-state index contributed by atoms with van der Waals surface area (Å²) in [5.74, 6) is 0. The molecule has 158 valence electrons. The van der Waals surface area contributed by atoms with Gasteiger partial charge in [-0.3, -0.25) is 0 Å². The van der Waals surface area contributed by atoms with Gasteiger partial charge in [0.25, 0.3) is 0 Å². The van der Waals surface area contributed by atoms with Crippen LogP contribution in [0.3, 0.4) is 0 Å². The first-order valence-corrected chi connectivity index (χ1v) is 13.6. The van der Waals surface area contributed by atoms with E-state index in [-0.39, 0.29) is 0 Å². The Bertz CT molecular complexity index is 595. The topological polar surface area (TPSA) is 0 Å². The summed E-state index contributed by atoms with van der Waals surface area (Å²) in [5, 5.41) is 0. The summed E-state index contributed by atoms with van der Waals surface area (Å²) in [6, 6.07) is 9.79. The normalized spacial score (nSPS) is 14.7. The Morgan fingerprint density at radius 2 is 1.14 bits per heavy atom. The van der Waals surface area contributed by atoms with Crippen molar-refractivity contribution < 1.29 is 24.2 Å². The van der Waals surface area contributed by atoms with Crippen LogP contribution in [0, 0.1) is 0 Å². The average Bonchev–Trinajstić information content (AvgIpc) is 3.35. The van der Waals surface area contributed by atoms with E-state index in [4.69, 9.17) is 0 Å². The first-order valence-electron chi connectivity index (χ1n) is 12.2. The van der Waals surface area contributed by atoms with Crippen molar-refractivity contribution in [3.63, 3.8) is 0 Å². The third-order valence-electron chi connectivity index (χ3n) is 6.19. The standard InChI is InChI=1S/2C13H19.C2H4.Zr/c2*1-2-3-6-11-9-12-7-4-5-8-13(12)10-11;1-2;/h2*9-10H,2-8H2,1H3;1H,2H3;/q2*-1;;+2. The summed E-state index contributed by atoms with van der Waals surface area (Å²) < 4.78 is 2.09. The second-order valence-corrected chi connectivity index (χ2v) is 10.2. The van der Waals surface area contributed by atoms with Crippen LogP contribution in [0.1, 0.15) is 106 Å². The van der Waals surface area contributed by atoms with Gasteiger partial charge in [0.2, 0.25) is 0 Å². The number of fused-ring (bicyclic) bond motifs is 2. The fourth-order valence-electron chi connectivity index (χ4n) is 4.59. The molecule has 0 aliphatic heterocycles. The Labute approximate surface area is 195 Å². The van der Waals surface area contributed by atoms with Crippen LogP contribution in [0.5, 0.6) is 0 Å². The quantitative estimate of drug-likeness (QED) is 0.382. The fourth-order valence-corrected chi connectivity index (χ4v) is 4.59. The van der Waals surface area contributed by atoms with E-state index in [1.165, 1.54) is 114 Å². The van der Waals surface area contributed by atoms with E-state index in [0.29, 0.717) is 0 Å². The molecule has 0 unspecified atom stereocenters. The monoisotopic (exact) mass is 468 g/mol. The Morgan fingerprint density at radius 3 is 1.48 bits per heavy atom. The van der Waals surface area contributed by atoms with Crippen LogP contribution in [0.25, 0.3) is 0 Å². The molecule has 0 atom stereocenters. The molecule has 0 amide bonds. The molecule has 4 rings (SSSR count). The number of hydrogen-bond acceptors (Lipinski definition) is 0. The Balaban J connectivity index is 0.000000183. The zero-order valence-corrected chi connectivity index (χ0v) is 21.7. The Kier molecular flexibility index (Phi) is 12.3. The molecule has 0 spiro atoms. The summed E-state index contributed by atoms with van der Waals surface area (Å²) in [6.45, 7) is 6.57. The van der Waals surface area contributed by atoms with Crippen LogP contribution >= 0.6 is 0 Å². The van der Waals surface area contributed by atoms with Gasteiger partial charge in [-0.15, -0.1) is 0 Å². The first-order chi connectivity index (χ1) is 14.2. The van der Waals surface area contributed by atoms with Crippen molar-refractivity contribution in [1.29, 1.82) is 0 Å². The van der Waals surface area contributed by atoms with Gasteiger partial charge in [0.05, 0.1) is 0 Å². The number of hydrogen-bond donors (Lipinski definition) is 0. The molecule has 2 aliphatic rings. The average molecular weight is 470 g/mol. The summed E-state index contributed by atoms with van der Waals surface area (Å²) in [5.41, 5.74) is 9.78. The number of unbranched alkanes of at least 4 members (excludes halogenated alkanes) is 2. The van der Waals surface area contributed by atoms with Gasteiger partial charge in [0, 0.05) is 0 Å². The van der Waals surface area contributed by atoms with Gasteiger partial charge >= 0.3 is 34.9 Å². The van der Waals surface area contributed by atoms with Crippen LogP contribution in [0.15, 0.2) is 24.3 Å². The molecule has 0 N–H and O–H groups in total. The van der Waals surface area contributed by atoms with Gasteiger partial charge in [-0.05, 0) is 0 Å². The maximum absolute atomic E-state index is 2.45. The minimum atomic E-state index is 1.30. The molecular formula is C28H42Zr. The molecule has 29 heavy (non-hydrogen) atoms. The van der Waals surface area contributed by atoms with Gasteiger partial charge in [-0.1, -0.05) is 104 Å². The third-order valence-corrected chi connectivity index (χ3v) is 6.19. The molecule has 0 fully saturated rings. The molecule has 0 saturated heterocycles. The first kappa shape index (κ1) is 24.7. The Hall–Kier alpha value is -0.547. The maximum atomic E-state index is 2.45. The molecule has 0 nitrogen and oxygen atoms in total. The van der Waals surface area contributed by atoms with Crippen molar-refractivity contribution in [2.45, 2.75) is 111 Å². The Morgan fingerprint density at radius 1 is 0.759 bits per heavy atom. The second-order valence-electron chi connectivity index (χ2n) is 8.74. The van der Waals surface area contributed by atoms with Crippen molar-refractivity contribution in [3.05, 3.63) is 57.6 Å². The SMILES string of the molecule is CCCCc1cc2c([cH-]1)CCCC2.CCCCc1cc2c([cH-]1)CCCC2.C[CH]=[Zr+2]. The molecule has 0 radical (unpaired) electrons. The van der Waals surface area contributed by atoms with E-state index in [1.807, 2.05) is 6.92 Å². The van der Waals surface area contributed by atoms with Crippen molar-refractivity contribution in [1.82, 2.24) is 0 Å². The van der Waals surface area contributed by atoms with E-state index in [2.05, 4.69) is 41.8 Å².